The molecule has 36 heavy (non-hydrogen) atoms. The molecule has 9 nitrogen and oxygen atoms in total. The summed E-state index contributed by atoms with van der Waals surface area (Å²) in [5.74, 6) is -2.77. The zero-order valence-corrected chi connectivity index (χ0v) is 21.6. The first-order chi connectivity index (χ1) is 17.3. The number of rotatable bonds is 9. The Balaban J connectivity index is 1.61. The Morgan fingerprint density at radius 1 is 1.06 bits per heavy atom. The second kappa shape index (κ2) is 10.7. The van der Waals surface area contributed by atoms with E-state index in [1.54, 1.807) is 48.5 Å². The van der Waals surface area contributed by atoms with E-state index in [2.05, 4.69) is 27.8 Å². The van der Waals surface area contributed by atoms with Crippen LogP contribution in [0.2, 0.25) is 0 Å². The molecule has 0 saturated carbocycles. The number of alkyl halides is 1. The molecule has 186 valence electrons. The van der Waals surface area contributed by atoms with Gasteiger partial charge < -0.3 is 15.0 Å². The maximum atomic E-state index is 13.2. The molecule has 3 atom stereocenters. The third-order valence-corrected chi connectivity index (χ3v) is 7.81. The summed E-state index contributed by atoms with van der Waals surface area (Å²) < 4.78 is 5.84. The number of nitrogens with one attached hydrogen (secondary N) is 1. The van der Waals surface area contributed by atoms with E-state index in [1.165, 1.54) is 12.0 Å². The minimum Gasteiger partial charge on any atom is -0.467 e. The fourth-order valence-electron chi connectivity index (χ4n) is 4.04. The highest BCUT2D eigenvalue weighted by Gasteiger charge is 2.56. The summed E-state index contributed by atoms with van der Waals surface area (Å²) in [6.07, 6.45) is 0.0313. The number of β-lactam (4-membered cyclic amide) rings is 1. The number of halogens is 1. The summed E-state index contributed by atoms with van der Waals surface area (Å²) in [6, 6.07) is 13.1. The largest absolute Gasteiger partial charge is 0.467 e. The van der Waals surface area contributed by atoms with Gasteiger partial charge in [-0.3, -0.25) is 19.2 Å². The third-order valence-electron chi connectivity index (χ3n) is 5.84. The fourth-order valence-corrected chi connectivity index (χ4v) is 5.59. The second-order valence-electron chi connectivity index (χ2n) is 8.12. The van der Waals surface area contributed by atoms with Crippen LogP contribution in [0.4, 0.5) is 0 Å². The molecule has 0 spiro atoms. The summed E-state index contributed by atoms with van der Waals surface area (Å²) in [7, 11) is 1.19. The number of ether oxygens (including phenoxy) is 1. The lowest BCUT2D eigenvalue weighted by atomic mass is 9.99. The Morgan fingerprint density at radius 3 is 2.19 bits per heavy atom. The Kier molecular flexibility index (Phi) is 7.60. The van der Waals surface area contributed by atoms with Crippen LogP contribution in [0.3, 0.4) is 0 Å². The molecule has 0 radical (unpaired) electrons. The van der Waals surface area contributed by atoms with Crippen molar-refractivity contribution < 1.29 is 28.7 Å². The molecule has 1 saturated heterocycles. The van der Waals surface area contributed by atoms with Gasteiger partial charge in [-0.2, -0.15) is 0 Å². The molecule has 2 aliphatic heterocycles. The van der Waals surface area contributed by atoms with Crippen molar-refractivity contribution in [1.29, 1.82) is 0 Å². The van der Waals surface area contributed by atoms with Crippen LogP contribution >= 0.6 is 27.9 Å². The van der Waals surface area contributed by atoms with Gasteiger partial charge in [0, 0.05) is 5.33 Å². The molecule has 0 bridgehead atoms. The lowest BCUT2D eigenvalue weighted by Gasteiger charge is -2.50. The first-order valence-corrected chi connectivity index (χ1v) is 12.9. The van der Waals surface area contributed by atoms with Gasteiger partial charge in [0.25, 0.3) is 11.8 Å². The molecule has 0 aromatic heterocycles. The molecule has 0 aliphatic carbocycles. The quantitative estimate of drug-likeness (QED) is 0.123. The lowest BCUT2D eigenvalue weighted by Crippen LogP contribution is -2.73. The Labute approximate surface area is 220 Å². The minimum absolute atomic E-state index is 0.0313. The number of hydrogen-bond donors (Lipinski definition) is 1. The number of amides is 4. The highest BCUT2D eigenvalue weighted by molar-refractivity contribution is 9.09. The standard InChI is InChI=1S/C25H22BrN3O6S/c1-14(13-26)20(25(34)35-2)28-23(33)19(27-18(30)12-15-8-4-3-5-9-15)24(28)36-29-21(31)16-10-6-7-11-17(16)22(29)32/h3-11,19-20,24H,1,12-13H2,2H3,(H,27,30). The molecular formula is C25H22BrN3O6S. The first kappa shape index (κ1) is 25.6. The van der Waals surface area contributed by atoms with Crippen LogP contribution in [0, 0.1) is 0 Å². The van der Waals surface area contributed by atoms with Gasteiger partial charge in [0.15, 0.2) is 6.04 Å². The van der Waals surface area contributed by atoms with Crippen molar-refractivity contribution in [2.24, 2.45) is 0 Å². The molecule has 2 heterocycles. The fraction of sp³-hybridized carbons (Fsp3) is 0.240. The summed E-state index contributed by atoms with van der Waals surface area (Å²) in [5, 5.41) is 1.95. The summed E-state index contributed by atoms with van der Waals surface area (Å²) in [5.41, 5.74) is 1.58. The zero-order chi connectivity index (χ0) is 26.0. The van der Waals surface area contributed by atoms with Crippen molar-refractivity contribution in [3.8, 4) is 0 Å². The number of likely N-dealkylation sites (tertiary alicyclic amines) is 1. The molecule has 2 aromatic carbocycles. The molecule has 2 aliphatic rings. The van der Waals surface area contributed by atoms with Gasteiger partial charge >= 0.3 is 5.97 Å². The van der Waals surface area contributed by atoms with Crippen LogP contribution < -0.4 is 5.32 Å². The van der Waals surface area contributed by atoms with Gasteiger partial charge in [-0.15, -0.1) is 0 Å². The van der Waals surface area contributed by atoms with E-state index in [9.17, 15) is 24.0 Å². The van der Waals surface area contributed by atoms with Crippen LogP contribution in [-0.2, 0) is 25.5 Å². The Morgan fingerprint density at radius 2 is 1.64 bits per heavy atom. The highest BCUT2D eigenvalue weighted by atomic mass is 79.9. The molecular weight excluding hydrogens is 550 g/mol. The van der Waals surface area contributed by atoms with E-state index >= 15 is 0 Å². The van der Waals surface area contributed by atoms with Crippen molar-refractivity contribution in [2.75, 3.05) is 12.4 Å². The van der Waals surface area contributed by atoms with Gasteiger partial charge in [-0.25, -0.2) is 9.10 Å². The van der Waals surface area contributed by atoms with Gasteiger partial charge in [0.05, 0.1) is 24.7 Å². The Bertz CT molecular complexity index is 1200. The monoisotopic (exact) mass is 571 g/mol. The molecule has 4 amide bonds. The van der Waals surface area contributed by atoms with E-state index in [1.807, 2.05) is 6.07 Å². The van der Waals surface area contributed by atoms with Gasteiger partial charge in [-0.1, -0.05) is 65.0 Å². The summed E-state index contributed by atoms with van der Waals surface area (Å²) in [4.78, 5) is 65.7. The number of imide groups is 1. The highest BCUT2D eigenvalue weighted by Crippen LogP contribution is 2.40. The number of hydrogen-bond acceptors (Lipinski definition) is 7. The topological polar surface area (TPSA) is 113 Å². The first-order valence-electron chi connectivity index (χ1n) is 10.9. The maximum absolute atomic E-state index is 13.2. The van der Waals surface area contributed by atoms with Crippen LogP contribution in [0.15, 0.2) is 66.7 Å². The van der Waals surface area contributed by atoms with E-state index in [0.29, 0.717) is 5.57 Å². The van der Waals surface area contributed by atoms with E-state index in [0.717, 1.165) is 21.8 Å². The van der Waals surface area contributed by atoms with Crippen molar-refractivity contribution in [3.05, 3.63) is 83.4 Å². The predicted octanol–water partition coefficient (Wildman–Crippen LogP) is 2.32. The number of fused-ring (bicyclic) bond motifs is 1. The summed E-state index contributed by atoms with van der Waals surface area (Å²) in [6.45, 7) is 3.86. The SMILES string of the molecule is C=C(CBr)C(C(=O)OC)N1C(=O)C(NC(=O)Cc2ccccc2)C1SN1C(=O)c2ccccc2C1=O. The number of methoxy groups -OCH3 is 1. The average Bonchev–Trinajstić information content (AvgIpc) is 3.14. The minimum atomic E-state index is -1.17. The van der Waals surface area contributed by atoms with Gasteiger partial charge in [0.1, 0.15) is 11.4 Å². The second-order valence-corrected chi connectivity index (χ2v) is 9.74. The van der Waals surface area contributed by atoms with E-state index in [4.69, 9.17) is 4.74 Å². The van der Waals surface area contributed by atoms with Crippen LogP contribution in [0.25, 0.3) is 0 Å². The van der Waals surface area contributed by atoms with Gasteiger partial charge in [0.2, 0.25) is 11.8 Å². The zero-order valence-electron chi connectivity index (χ0n) is 19.2. The number of carbonyl (C=O) groups excluding carboxylic acids is 5. The average molecular weight is 572 g/mol. The smallest absolute Gasteiger partial charge is 0.332 e. The molecule has 3 unspecified atom stereocenters. The molecule has 1 fully saturated rings. The lowest BCUT2D eigenvalue weighted by molar-refractivity contribution is -0.161. The molecule has 2 aromatic rings. The van der Waals surface area contributed by atoms with Crippen molar-refractivity contribution in [1.82, 2.24) is 14.5 Å². The van der Waals surface area contributed by atoms with Crippen molar-refractivity contribution in [3.63, 3.8) is 0 Å². The number of carbonyl (C=O) groups is 5. The number of benzene rings is 2. The number of nitrogens with zero attached hydrogens (tertiary/aromatic N) is 2. The number of esters is 1. The van der Waals surface area contributed by atoms with Crippen LogP contribution in [0.1, 0.15) is 26.3 Å². The van der Waals surface area contributed by atoms with Gasteiger partial charge in [-0.05, 0) is 35.2 Å². The Hall–Kier alpha value is -3.44. The van der Waals surface area contributed by atoms with E-state index < -0.39 is 47.1 Å². The third kappa shape index (κ3) is 4.68. The van der Waals surface area contributed by atoms with Crippen molar-refractivity contribution in [2.45, 2.75) is 23.9 Å². The molecule has 4 rings (SSSR count). The molecule has 1 N–H and O–H groups in total. The molecule has 11 heteroatoms. The maximum Gasteiger partial charge on any atom is 0.332 e. The van der Waals surface area contributed by atoms with Crippen LogP contribution in [0.5, 0.6) is 0 Å². The van der Waals surface area contributed by atoms with Crippen LogP contribution in [-0.4, -0.2) is 68.7 Å². The predicted molar refractivity (Wildman–Crippen MR) is 136 cm³/mol. The van der Waals surface area contributed by atoms with E-state index in [-0.39, 0.29) is 22.9 Å². The van der Waals surface area contributed by atoms with Crippen molar-refractivity contribution >= 4 is 57.5 Å². The summed E-state index contributed by atoms with van der Waals surface area (Å²) >= 11 is 4.03. The normalized spacial score (nSPS) is 19.4.